The highest BCUT2D eigenvalue weighted by molar-refractivity contribution is 5.80. The van der Waals surface area contributed by atoms with Crippen molar-refractivity contribution in [3.8, 4) is 0 Å². The van der Waals surface area contributed by atoms with Crippen molar-refractivity contribution < 1.29 is 19.4 Å². The molecule has 0 aliphatic carbocycles. The molecule has 1 atom stereocenters. The average molecular weight is 327 g/mol. The number of aryl methyl sites for hydroxylation is 1. The van der Waals surface area contributed by atoms with Gasteiger partial charge in [-0.25, -0.2) is 9.59 Å². The predicted octanol–water partition coefficient (Wildman–Crippen LogP) is 3.26. The van der Waals surface area contributed by atoms with E-state index in [1.807, 2.05) is 61.5 Å². The largest absolute Gasteiger partial charge is 0.480 e. The van der Waals surface area contributed by atoms with Gasteiger partial charge in [0.1, 0.15) is 12.6 Å². The molecule has 2 aromatic carbocycles. The first-order valence-electron chi connectivity index (χ1n) is 7.69. The third-order valence-electron chi connectivity index (χ3n) is 3.80. The second-order valence-corrected chi connectivity index (χ2v) is 5.69. The van der Waals surface area contributed by atoms with Gasteiger partial charge in [0, 0.05) is 13.5 Å². The first-order chi connectivity index (χ1) is 11.5. The van der Waals surface area contributed by atoms with Gasteiger partial charge in [0.15, 0.2) is 0 Å². The lowest BCUT2D eigenvalue weighted by molar-refractivity contribution is -0.142. The van der Waals surface area contributed by atoms with Crippen LogP contribution in [0.5, 0.6) is 0 Å². The Bertz CT molecular complexity index is 682. The maximum absolute atomic E-state index is 12.1. The summed E-state index contributed by atoms with van der Waals surface area (Å²) in [5.41, 5.74) is 2.81. The van der Waals surface area contributed by atoms with Crippen LogP contribution in [0.25, 0.3) is 0 Å². The van der Waals surface area contributed by atoms with Gasteiger partial charge in [0.05, 0.1) is 0 Å². The van der Waals surface area contributed by atoms with Crippen LogP contribution in [0.1, 0.15) is 16.7 Å². The van der Waals surface area contributed by atoms with E-state index in [1.54, 1.807) is 0 Å². The van der Waals surface area contributed by atoms with Crippen molar-refractivity contribution in [2.75, 3.05) is 7.05 Å². The van der Waals surface area contributed by atoms with Crippen LogP contribution in [0.3, 0.4) is 0 Å². The summed E-state index contributed by atoms with van der Waals surface area (Å²) in [6, 6.07) is 15.9. The van der Waals surface area contributed by atoms with Crippen LogP contribution >= 0.6 is 0 Å². The Labute approximate surface area is 141 Å². The fourth-order valence-electron chi connectivity index (χ4n) is 2.29. The van der Waals surface area contributed by atoms with E-state index < -0.39 is 18.1 Å². The number of carboxylic acid groups (broad SMARTS) is 1. The van der Waals surface area contributed by atoms with E-state index in [9.17, 15) is 14.7 Å². The smallest absolute Gasteiger partial charge is 0.410 e. The zero-order valence-corrected chi connectivity index (χ0v) is 13.8. The van der Waals surface area contributed by atoms with Crippen LogP contribution in [-0.4, -0.2) is 35.2 Å². The summed E-state index contributed by atoms with van der Waals surface area (Å²) in [7, 11) is 1.44. The zero-order chi connectivity index (χ0) is 17.5. The Kier molecular flexibility index (Phi) is 5.95. The summed E-state index contributed by atoms with van der Waals surface area (Å²) < 4.78 is 5.20. The highest BCUT2D eigenvalue weighted by Gasteiger charge is 2.27. The van der Waals surface area contributed by atoms with E-state index in [0.717, 1.165) is 21.6 Å². The molecule has 5 nitrogen and oxygen atoms in total. The number of hydrogen-bond donors (Lipinski definition) is 1. The summed E-state index contributed by atoms with van der Waals surface area (Å²) in [6.45, 7) is 2.08. The summed E-state index contributed by atoms with van der Waals surface area (Å²) in [5, 5.41) is 9.44. The van der Waals surface area contributed by atoms with Gasteiger partial charge in [-0.1, -0.05) is 60.2 Å². The lowest BCUT2D eigenvalue weighted by Crippen LogP contribution is -2.44. The second kappa shape index (κ2) is 8.15. The van der Waals surface area contributed by atoms with Crippen molar-refractivity contribution >= 4 is 12.1 Å². The molecule has 24 heavy (non-hydrogen) atoms. The van der Waals surface area contributed by atoms with Gasteiger partial charge < -0.3 is 9.84 Å². The molecule has 0 fully saturated rings. The minimum atomic E-state index is -1.06. The Morgan fingerprint density at radius 3 is 2.25 bits per heavy atom. The van der Waals surface area contributed by atoms with Gasteiger partial charge >= 0.3 is 12.1 Å². The van der Waals surface area contributed by atoms with E-state index in [-0.39, 0.29) is 13.0 Å². The molecule has 0 radical (unpaired) electrons. The molecule has 0 bridgehead atoms. The topological polar surface area (TPSA) is 66.8 Å². The van der Waals surface area contributed by atoms with E-state index in [2.05, 4.69) is 0 Å². The molecule has 1 N–H and O–H groups in total. The van der Waals surface area contributed by atoms with Crippen molar-refractivity contribution in [2.24, 2.45) is 0 Å². The Morgan fingerprint density at radius 2 is 1.67 bits per heavy atom. The molecule has 1 amide bonds. The number of nitrogens with zero attached hydrogens (tertiary/aromatic N) is 1. The third-order valence-corrected chi connectivity index (χ3v) is 3.80. The molecular weight excluding hydrogens is 306 g/mol. The van der Waals surface area contributed by atoms with E-state index in [0.29, 0.717) is 0 Å². The molecule has 0 aliphatic rings. The number of benzene rings is 2. The van der Waals surface area contributed by atoms with E-state index in [4.69, 9.17) is 4.74 Å². The monoisotopic (exact) mass is 327 g/mol. The molecule has 0 saturated carbocycles. The SMILES string of the molecule is Cc1ccc(CC(C(=O)O)N(C)C(=O)OCc2ccccc2)cc1. The summed E-state index contributed by atoms with van der Waals surface area (Å²) in [4.78, 5) is 24.8. The normalized spacial score (nSPS) is 11.6. The fraction of sp³-hybridized carbons (Fsp3) is 0.263. The number of carbonyl (C=O) groups excluding carboxylic acids is 1. The number of rotatable bonds is 6. The van der Waals surface area contributed by atoms with Crippen LogP contribution in [0.4, 0.5) is 4.79 Å². The van der Waals surface area contributed by atoms with Gasteiger partial charge in [-0.15, -0.1) is 0 Å². The molecule has 0 saturated heterocycles. The molecule has 1 unspecified atom stereocenters. The number of carbonyl (C=O) groups is 2. The van der Waals surface area contributed by atoms with E-state index in [1.165, 1.54) is 7.05 Å². The summed E-state index contributed by atoms with van der Waals surface area (Å²) in [5.74, 6) is -1.06. The molecule has 0 heterocycles. The van der Waals surface area contributed by atoms with Gasteiger partial charge in [-0.05, 0) is 18.1 Å². The number of hydrogen-bond acceptors (Lipinski definition) is 3. The number of amides is 1. The molecule has 126 valence electrons. The van der Waals surface area contributed by atoms with Crippen molar-refractivity contribution in [2.45, 2.75) is 26.0 Å². The van der Waals surface area contributed by atoms with Gasteiger partial charge in [0.25, 0.3) is 0 Å². The average Bonchev–Trinajstić information content (AvgIpc) is 2.59. The highest BCUT2D eigenvalue weighted by atomic mass is 16.6. The summed E-state index contributed by atoms with van der Waals surface area (Å²) >= 11 is 0. The molecule has 2 aromatic rings. The maximum Gasteiger partial charge on any atom is 0.410 e. The molecular formula is C19H21NO4. The zero-order valence-electron chi connectivity index (χ0n) is 13.8. The number of carboxylic acids is 1. The molecule has 0 aromatic heterocycles. The van der Waals surface area contributed by atoms with Crippen LogP contribution in [0.2, 0.25) is 0 Å². The lowest BCUT2D eigenvalue weighted by atomic mass is 10.0. The first-order valence-corrected chi connectivity index (χ1v) is 7.69. The Balaban J connectivity index is 1.99. The number of likely N-dealkylation sites (N-methyl/N-ethyl adjacent to an activating group) is 1. The van der Waals surface area contributed by atoms with Crippen molar-refractivity contribution in [1.29, 1.82) is 0 Å². The third kappa shape index (κ3) is 4.84. The van der Waals surface area contributed by atoms with Crippen molar-refractivity contribution in [3.63, 3.8) is 0 Å². The molecule has 2 rings (SSSR count). The van der Waals surface area contributed by atoms with Crippen LogP contribution in [-0.2, 0) is 22.6 Å². The second-order valence-electron chi connectivity index (χ2n) is 5.69. The highest BCUT2D eigenvalue weighted by Crippen LogP contribution is 2.12. The minimum Gasteiger partial charge on any atom is -0.480 e. The maximum atomic E-state index is 12.1. The molecule has 0 spiro atoms. The van der Waals surface area contributed by atoms with Crippen LogP contribution in [0.15, 0.2) is 54.6 Å². The van der Waals surface area contributed by atoms with Crippen molar-refractivity contribution in [1.82, 2.24) is 4.90 Å². The first kappa shape index (κ1) is 17.5. The number of aliphatic carboxylic acids is 1. The van der Waals surface area contributed by atoms with Crippen LogP contribution < -0.4 is 0 Å². The number of ether oxygens (including phenoxy) is 1. The molecule has 5 heteroatoms. The van der Waals surface area contributed by atoms with Crippen molar-refractivity contribution in [3.05, 3.63) is 71.3 Å². The summed E-state index contributed by atoms with van der Waals surface area (Å²) in [6.07, 6.45) is -0.426. The Hall–Kier alpha value is -2.82. The van der Waals surface area contributed by atoms with E-state index >= 15 is 0 Å². The standard InChI is InChI=1S/C19H21NO4/c1-14-8-10-15(11-9-14)12-17(18(21)22)20(2)19(23)24-13-16-6-4-3-5-7-16/h3-11,17H,12-13H2,1-2H3,(H,21,22). The Morgan fingerprint density at radius 1 is 1.04 bits per heavy atom. The van der Waals surface area contributed by atoms with Gasteiger partial charge in [0.2, 0.25) is 0 Å². The fourth-order valence-corrected chi connectivity index (χ4v) is 2.29. The van der Waals surface area contributed by atoms with Crippen LogP contribution in [0, 0.1) is 6.92 Å². The minimum absolute atomic E-state index is 0.112. The molecule has 0 aliphatic heterocycles. The predicted molar refractivity (Wildman–Crippen MR) is 90.7 cm³/mol. The van der Waals surface area contributed by atoms with Gasteiger partial charge in [-0.3, -0.25) is 4.90 Å². The lowest BCUT2D eigenvalue weighted by Gasteiger charge is -2.24. The van der Waals surface area contributed by atoms with Gasteiger partial charge in [-0.2, -0.15) is 0 Å². The quantitative estimate of drug-likeness (QED) is 0.884.